The molecule has 0 aliphatic rings. The van der Waals surface area contributed by atoms with E-state index in [2.05, 4.69) is 31.1 Å². The minimum atomic E-state index is 0.0353. The molecule has 0 fully saturated rings. The summed E-state index contributed by atoms with van der Waals surface area (Å²) in [4.78, 5) is 16.4. The zero-order valence-corrected chi connectivity index (χ0v) is 13.5. The number of hydrogen-bond acceptors (Lipinski definition) is 3. The van der Waals surface area contributed by atoms with E-state index in [-0.39, 0.29) is 5.91 Å². The van der Waals surface area contributed by atoms with Gasteiger partial charge in [-0.15, -0.1) is 0 Å². The van der Waals surface area contributed by atoms with Gasteiger partial charge < -0.3 is 9.88 Å². The van der Waals surface area contributed by atoms with Crippen LogP contribution in [0.15, 0.2) is 30.6 Å². The Morgan fingerprint density at radius 1 is 1.30 bits per heavy atom. The average molecular weight is 311 g/mol. The highest BCUT2D eigenvalue weighted by Crippen LogP contribution is 2.12. The van der Waals surface area contributed by atoms with Crippen LogP contribution in [0.4, 0.5) is 0 Å². The highest BCUT2D eigenvalue weighted by atomic mass is 16.1. The normalized spacial score (nSPS) is 11.0. The topological polar surface area (TPSA) is 75.6 Å². The van der Waals surface area contributed by atoms with E-state index >= 15 is 0 Å². The molecule has 3 aromatic rings. The number of aromatic amines is 1. The number of amides is 1. The van der Waals surface area contributed by atoms with Gasteiger partial charge in [0.05, 0.1) is 29.5 Å². The number of H-pyrrole nitrogens is 1. The number of aryl methyl sites for hydroxylation is 3. The van der Waals surface area contributed by atoms with Crippen molar-refractivity contribution < 1.29 is 4.79 Å². The SMILES string of the molecule is Cc1n[nH]c(C)c1CC(=O)NCCCn1cnc2ccccc21. The highest BCUT2D eigenvalue weighted by molar-refractivity contribution is 5.79. The van der Waals surface area contributed by atoms with Crippen LogP contribution in [0, 0.1) is 13.8 Å². The maximum Gasteiger partial charge on any atom is 0.224 e. The Morgan fingerprint density at radius 2 is 2.13 bits per heavy atom. The summed E-state index contributed by atoms with van der Waals surface area (Å²) in [6, 6.07) is 8.06. The number of para-hydroxylation sites is 2. The van der Waals surface area contributed by atoms with E-state index in [9.17, 15) is 4.79 Å². The monoisotopic (exact) mass is 311 g/mol. The van der Waals surface area contributed by atoms with Crippen molar-refractivity contribution in [3.8, 4) is 0 Å². The molecule has 0 bridgehead atoms. The molecule has 0 saturated carbocycles. The molecule has 6 nitrogen and oxygen atoms in total. The van der Waals surface area contributed by atoms with Crippen molar-refractivity contribution in [2.75, 3.05) is 6.54 Å². The van der Waals surface area contributed by atoms with E-state index < -0.39 is 0 Å². The third-order valence-electron chi connectivity index (χ3n) is 4.04. The van der Waals surface area contributed by atoms with Crippen LogP contribution in [0.1, 0.15) is 23.4 Å². The molecule has 0 aliphatic carbocycles. The van der Waals surface area contributed by atoms with Gasteiger partial charge in [-0.05, 0) is 32.4 Å². The van der Waals surface area contributed by atoms with Gasteiger partial charge >= 0.3 is 0 Å². The molecule has 0 aliphatic heterocycles. The molecule has 0 spiro atoms. The van der Waals surface area contributed by atoms with Gasteiger partial charge in [0.15, 0.2) is 0 Å². The minimum Gasteiger partial charge on any atom is -0.356 e. The second-order valence-electron chi connectivity index (χ2n) is 5.72. The van der Waals surface area contributed by atoms with Crippen LogP contribution < -0.4 is 5.32 Å². The van der Waals surface area contributed by atoms with Gasteiger partial charge in [0.25, 0.3) is 0 Å². The molecule has 0 radical (unpaired) electrons. The molecule has 2 aromatic heterocycles. The molecule has 0 atom stereocenters. The number of imidazole rings is 1. The van der Waals surface area contributed by atoms with E-state index in [0.29, 0.717) is 13.0 Å². The van der Waals surface area contributed by atoms with Crippen molar-refractivity contribution in [1.82, 2.24) is 25.1 Å². The Bertz CT molecular complexity index is 798. The lowest BCUT2D eigenvalue weighted by Gasteiger charge is -2.07. The van der Waals surface area contributed by atoms with Crippen LogP contribution in [0.25, 0.3) is 11.0 Å². The Hall–Kier alpha value is -2.63. The molecule has 3 rings (SSSR count). The number of hydrogen-bond donors (Lipinski definition) is 2. The molecule has 23 heavy (non-hydrogen) atoms. The van der Waals surface area contributed by atoms with E-state index in [1.54, 1.807) is 0 Å². The average Bonchev–Trinajstić information content (AvgIpc) is 3.10. The zero-order valence-electron chi connectivity index (χ0n) is 13.5. The lowest BCUT2D eigenvalue weighted by molar-refractivity contribution is -0.120. The zero-order chi connectivity index (χ0) is 16.2. The van der Waals surface area contributed by atoms with Crippen LogP contribution in [-0.2, 0) is 17.8 Å². The number of rotatable bonds is 6. The Labute approximate surface area is 134 Å². The van der Waals surface area contributed by atoms with E-state index in [1.807, 2.05) is 38.4 Å². The molecule has 6 heteroatoms. The van der Waals surface area contributed by atoms with Gasteiger partial charge in [-0.25, -0.2) is 4.98 Å². The third-order valence-corrected chi connectivity index (χ3v) is 4.04. The van der Waals surface area contributed by atoms with E-state index in [1.165, 1.54) is 0 Å². The molecule has 1 amide bonds. The van der Waals surface area contributed by atoms with Crippen molar-refractivity contribution in [1.29, 1.82) is 0 Å². The molecular weight excluding hydrogens is 290 g/mol. The predicted molar refractivity (Wildman–Crippen MR) is 89.1 cm³/mol. The van der Waals surface area contributed by atoms with Crippen molar-refractivity contribution in [2.24, 2.45) is 0 Å². The Kier molecular flexibility index (Phi) is 4.41. The van der Waals surface area contributed by atoms with Gasteiger partial charge in [-0.3, -0.25) is 9.89 Å². The fraction of sp³-hybridized carbons (Fsp3) is 0.353. The summed E-state index contributed by atoms with van der Waals surface area (Å²) in [5.41, 5.74) is 4.97. The Balaban J connectivity index is 1.47. The van der Waals surface area contributed by atoms with E-state index in [0.717, 1.165) is 41.0 Å². The van der Waals surface area contributed by atoms with E-state index in [4.69, 9.17) is 0 Å². The summed E-state index contributed by atoms with van der Waals surface area (Å²) in [6.07, 6.45) is 3.10. The second kappa shape index (κ2) is 6.64. The summed E-state index contributed by atoms with van der Waals surface area (Å²) in [5, 5.41) is 9.99. The molecule has 2 heterocycles. The van der Waals surface area contributed by atoms with Crippen LogP contribution in [-0.4, -0.2) is 32.2 Å². The first-order valence-corrected chi connectivity index (χ1v) is 7.82. The maximum atomic E-state index is 12.0. The number of nitrogens with zero attached hydrogens (tertiary/aromatic N) is 3. The van der Waals surface area contributed by atoms with Crippen molar-refractivity contribution in [3.63, 3.8) is 0 Å². The van der Waals surface area contributed by atoms with Gasteiger partial charge in [0.1, 0.15) is 0 Å². The molecular formula is C17H21N5O. The van der Waals surface area contributed by atoms with Crippen molar-refractivity contribution in [3.05, 3.63) is 47.5 Å². The molecule has 2 N–H and O–H groups in total. The largest absolute Gasteiger partial charge is 0.356 e. The fourth-order valence-electron chi connectivity index (χ4n) is 2.72. The summed E-state index contributed by atoms with van der Waals surface area (Å²) in [6.45, 7) is 5.34. The van der Waals surface area contributed by atoms with Gasteiger partial charge in [0, 0.05) is 24.3 Å². The first-order chi connectivity index (χ1) is 11.1. The third kappa shape index (κ3) is 3.41. The van der Waals surface area contributed by atoms with Crippen molar-refractivity contribution in [2.45, 2.75) is 33.2 Å². The smallest absolute Gasteiger partial charge is 0.224 e. The number of nitrogens with one attached hydrogen (secondary N) is 2. The molecule has 0 unspecified atom stereocenters. The fourth-order valence-corrected chi connectivity index (χ4v) is 2.72. The van der Waals surface area contributed by atoms with Gasteiger partial charge in [0.2, 0.25) is 5.91 Å². The number of aromatic nitrogens is 4. The predicted octanol–water partition coefficient (Wildman–Crippen LogP) is 2.13. The second-order valence-corrected chi connectivity index (χ2v) is 5.72. The quantitative estimate of drug-likeness (QED) is 0.685. The maximum absolute atomic E-state index is 12.0. The molecule has 0 saturated heterocycles. The first-order valence-electron chi connectivity index (χ1n) is 7.82. The number of benzene rings is 1. The van der Waals surface area contributed by atoms with Gasteiger partial charge in [-0.1, -0.05) is 12.1 Å². The van der Waals surface area contributed by atoms with Crippen LogP contribution >= 0.6 is 0 Å². The lowest BCUT2D eigenvalue weighted by Crippen LogP contribution is -2.27. The number of fused-ring (bicyclic) bond motifs is 1. The Morgan fingerprint density at radius 3 is 2.91 bits per heavy atom. The summed E-state index contributed by atoms with van der Waals surface area (Å²) >= 11 is 0. The lowest BCUT2D eigenvalue weighted by atomic mass is 10.1. The molecule has 1 aromatic carbocycles. The minimum absolute atomic E-state index is 0.0353. The van der Waals surface area contributed by atoms with Gasteiger partial charge in [-0.2, -0.15) is 5.10 Å². The van der Waals surface area contributed by atoms with Crippen LogP contribution in [0.2, 0.25) is 0 Å². The van der Waals surface area contributed by atoms with Crippen molar-refractivity contribution >= 4 is 16.9 Å². The summed E-state index contributed by atoms with van der Waals surface area (Å²) in [7, 11) is 0. The first kappa shape index (κ1) is 15.3. The standard InChI is InChI=1S/C17H21N5O/c1-12-14(13(2)21-20-12)10-17(23)18-8-5-9-22-11-19-15-6-3-4-7-16(15)22/h3-4,6-7,11H,5,8-10H2,1-2H3,(H,18,23)(H,20,21). The van der Waals surface area contributed by atoms with Crippen LogP contribution in [0.5, 0.6) is 0 Å². The molecule has 120 valence electrons. The number of carbonyl (C=O) groups is 1. The highest BCUT2D eigenvalue weighted by Gasteiger charge is 2.10. The summed E-state index contributed by atoms with van der Waals surface area (Å²) in [5.74, 6) is 0.0353. The van der Waals surface area contributed by atoms with Crippen LogP contribution in [0.3, 0.4) is 0 Å². The summed E-state index contributed by atoms with van der Waals surface area (Å²) < 4.78 is 2.12. The number of carbonyl (C=O) groups excluding carboxylic acids is 1.